The van der Waals surface area contributed by atoms with Gasteiger partial charge in [-0.25, -0.2) is 0 Å². The number of amidine groups is 1. The van der Waals surface area contributed by atoms with E-state index in [0.717, 1.165) is 19.4 Å². The summed E-state index contributed by atoms with van der Waals surface area (Å²) in [6, 6.07) is 0.481. The summed E-state index contributed by atoms with van der Waals surface area (Å²) in [5.74, 6) is 0.321. The molecule has 0 aromatic heterocycles. The minimum atomic E-state index is 0.321. The summed E-state index contributed by atoms with van der Waals surface area (Å²) in [7, 11) is 0. The SMILES string of the molecule is CCC(CC(=N)N)N1CCC(C)(C)C1. The molecular formula is C11H23N3. The predicted molar refractivity (Wildman–Crippen MR) is 60.6 cm³/mol. The molecule has 1 fully saturated rings. The second-order valence-corrected chi connectivity index (χ2v) is 5.18. The van der Waals surface area contributed by atoms with Gasteiger partial charge in [-0.2, -0.15) is 0 Å². The van der Waals surface area contributed by atoms with E-state index in [2.05, 4.69) is 25.7 Å². The van der Waals surface area contributed by atoms with Gasteiger partial charge in [0.15, 0.2) is 0 Å². The van der Waals surface area contributed by atoms with Gasteiger partial charge in [0.05, 0.1) is 5.84 Å². The molecule has 1 unspecified atom stereocenters. The minimum Gasteiger partial charge on any atom is -0.388 e. The minimum absolute atomic E-state index is 0.321. The van der Waals surface area contributed by atoms with Crippen LogP contribution in [0, 0.1) is 10.8 Å². The quantitative estimate of drug-likeness (QED) is 0.533. The lowest BCUT2D eigenvalue weighted by atomic mass is 9.93. The lowest BCUT2D eigenvalue weighted by molar-refractivity contribution is 0.216. The van der Waals surface area contributed by atoms with Gasteiger partial charge in [-0.1, -0.05) is 20.8 Å². The molecule has 1 rings (SSSR count). The first-order valence-electron chi connectivity index (χ1n) is 5.51. The molecule has 1 heterocycles. The van der Waals surface area contributed by atoms with Crippen molar-refractivity contribution in [3.63, 3.8) is 0 Å². The van der Waals surface area contributed by atoms with Gasteiger partial charge in [0.2, 0.25) is 0 Å². The average molecular weight is 197 g/mol. The molecule has 0 radical (unpaired) electrons. The third-order valence-electron chi connectivity index (χ3n) is 3.15. The fraction of sp³-hybridized carbons (Fsp3) is 0.909. The predicted octanol–water partition coefficient (Wildman–Crippen LogP) is 1.82. The molecule has 0 bridgehead atoms. The summed E-state index contributed by atoms with van der Waals surface area (Å²) >= 11 is 0. The highest BCUT2D eigenvalue weighted by atomic mass is 15.2. The smallest absolute Gasteiger partial charge is 0.0921 e. The van der Waals surface area contributed by atoms with Crippen LogP contribution < -0.4 is 5.73 Å². The Morgan fingerprint density at radius 3 is 2.57 bits per heavy atom. The Morgan fingerprint density at radius 2 is 2.21 bits per heavy atom. The first kappa shape index (κ1) is 11.5. The van der Waals surface area contributed by atoms with Gasteiger partial charge in [0.1, 0.15) is 0 Å². The van der Waals surface area contributed by atoms with Crippen LogP contribution in [0.2, 0.25) is 0 Å². The van der Waals surface area contributed by atoms with E-state index in [4.69, 9.17) is 11.1 Å². The summed E-state index contributed by atoms with van der Waals surface area (Å²) in [6.45, 7) is 9.12. The highest BCUT2D eigenvalue weighted by molar-refractivity contribution is 5.77. The van der Waals surface area contributed by atoms with Gasteiger partial charge in [0, 0.05) is 19.0 Å². The van der Waals surface area contributed by atoms with Gasteiger partial charge >= 0.3 is 0 Å². The van der Waals surface area contributed by atoms with Crippen molar-refractivity contribution >= 4 is 5.84 Å². The van der Waals surface area contributed by atoms with Crippen molar-refractivity contribution in [1.82, 2.24) is 4.90 Å². The maximum Gasteiger partial charge on any atom is 0.0921 e. The van der Waals surface area contributed by atoms with E-state index in [9.17, 15) is 0 Å². The molecule has 1 aliphatic rings. The zero-order valence-electron chi connectivity index (χ0n) is 9.64. The van der Waals surface area contributed by atoms with Crippen molar-refractivity contribution in [2.75, 3.05) is 13.1 Å². The zero-order chi connectivity index (χ0) is 10.8. The van der Waals surface area contributed by atoms with Crippen molar-refractivity contribution in [2.45, 2.75) is 46.1 Å². The molecule has 82 valence electrons. The summed E-state index contributed by atoms with van der Waals surface area (Å²) in [5, 5.41) is 7.34. The number of rotatable bonds is 4. The molecule has 3 N–H and O–H groups in total. The Kier molecular flexibility index (Phi) is 3.53. The lowest BCUT2D eigenvalue weighted by Gasteiger charge is -2.27. The van der Waals surface area contributed by atoms with E-state index in [1.165, 1.54) is 13.0 Å². The summed E-state index contributed by atoms with van der Waals surface area (Å²) in [5.41, 5.74) is 5.91. The normalized spacial score (nSPS) is 23.6. The molecule has 0 aromatic carbocycles. The van der Waals surface area contributed by atoms with Gasteiger partial charge < -0.3 is 5.73 Å². The molecule has 0 saturated carbocycles. The van der Waals surface area contributed by atoms with Gasteiger partial charge in [0.25, 0.3) is 0 Å². The van der Waals surface area contributed by atoms with Crippen LogP contribution in [0.25, 0.3) is 0 Å². The Morgan fingerprint density at radius 1 is 1.57 bits per heavy atom. The third-order valence-corrected chi connectivity index (χ3v) is 3.15. The standard InChI is InChI=1S/C11H23N3/c1-4-9(7-10(12)13)14-6-5-11(2,3)8-14/h9H,4-8H2,1-3H3,(H3,12,13). The molecule has 0 amide bonds. The molecule has 3 heteroatoms. The number of hydrogen-bond donors (Lipinski definition) is 2. The first-order valence-corrected chi connectivity index (χ1v) is 5.51. The zero-order valence-corrected chi connectivity index (χ0v) is 9.64. The maximum atomic E-state index is 7.34. The van der Waals surface area contributed by atoms with Gasteiger partial charge in [-0.15, -0.1) is 0 Å². The van der Waals surface area contributed by atoms with E-state index in [1.54, 1.807) is 0 Å². The van der Waals surface area contributed by atoms with Crippen LogP contribution >= 0.6 is 0 Å². The van der Waals surface area contributed by atoms with Gasteiger partial charge in [-0.3, -0.25) is 10.3 Å². The molecule has 1 saturated heterocycles. The van der Waals surface area contributed by atoms with E-state index in [1.807, 2.05) is 0 Å². The van der Waals surface area contributed by atoms with Crippen molar-refractivity contribution in [3.05, 3.63) is 0 Å². The van der Waals surface area contributed by atoms with Crippen molar-refractivity contribution in [2.24, 2.45) is 11.1 Å². The van der Waals surface area contributed by atoms with Crippen LogP contribution in [0.15, 0.2) is 0 Å². The van der Waals surface area contributed by atoms with Crippen molar-refractivity contribution < 1.29 is 0 Å². The Hall–Kier alpha value is -0.570. The molecule has 3 nitrogen and oxygen atoms in total. The van der Waals surface area contributed by atoms with E-state index < -0.39 is 0 Å². The molecule has 0 spiro atoms. The largest absolute Gasteiger partial charge is 0.388 e. The van der Waals surface area contributed by atoms with Crippen LogP contribution in [-0.2, 0) is 0 Å². The number of likely N-dealkylation sites (tertiary alicyclic amines) is 1. The van der Waals surface area contributed by atoms with Crippen LogP contribution in [0.4, 0.5) is 0 Å². The number of nitrogens with one attached hydrogen (secondary N) is 1. The highest BCUT2D eigenvalue weighted by Gasteiger charge is 2.32. The fourth-order valence-corrected chi connectivity index (χ4v) is 2.25. The summed E-state index contributed by atoms with van der Waals surface area (Å²) < 4.78 is 0. The maximum absolute atomic E-state index is 7.34. The van der Waals surface area contributed by atoms with E-state index >= 15 is 0 Å². The molecule has 1 atom stereocenters. The van der Waals surface area contributed by atoms with E-state index in [-0.39, 0.29) is 0 Å². The lowest BCUT2D eigenvalue weighted by Crippen LogP contribution is -2.37. The average Bonchev–Trinajstić information content (AvgIpc) is 2.41. The third kappa shape index (κ3) is 2.98. The second kappa shape index (κ2) is 4.30. The van der Waals surface area contributed by atoms with Crippen LogP contribution in [0.3, 0.4) is 0 Å². The summed E-state index contributed by atoms with van der Waals surface area (Å²) in [4.78, 5) is 2.49. The first-order chi connectivity index (χ1) is 6.44. The highest BCUT2D eigenvalue weighted by Crippen LogP contribution is 2.31. The Labute approximate surface area is 87.2 Å². The number of nitrogens with two attached hydrogens (primary N) is 1. The molecule has 0 aromatic rings. The molecular weight excluding hydrogens is 174 g/mol. The van der Waals surface area contributed by atoms with Crippen molar-refractivity contribution in [1.29, 1.82) is 5.41 Å². The number of hydrogen-bond acceptors (Lipinski definition) is 2. The molecule has 1 aliphatic heterocycles. The summed E-state index contributed by atoms with van der Waals surface area (Å²) in [6.07, 6.45) is 3.09. The monoisotopic (exact) mass is 197 g/mol. The Balaban J connectivity index is 2.50. The second-order valence-electron chi connectivity index (χ2n) is 5.18. The fourth-order valence-electron chi connectivity index (χ4n) is 2.25. The van der Waals surface area contributed by atoms with Crippen LogP contribution in [-0.4, -0.2) is 29.9 Å². The van der Waals surface area contributed by atoms with Crippen LogP contribution in [0.1, 0.15) is 40.0 Å². The number of nitrogens with zero attached hydrogens (tertiary/aromatic N) is 1. The molecule has 14 heavy (non-hydrogen) atoms. The van der Waals surface area contributed by atoms with Gasteiger partial charge in [-0.05, 0) is 24.8 Å². The van der Waals surface area contributed by atoms with Crippen LogP contribution in [0.5, 0.6) is 0 Å². The topological polar surface area (TPSA) is 53.1 Å². The van der Waals surface area contributed by atoms with Crippen molar-refractivity contribution in [3.8, 4) is 0 Å². The van der Waals surface area contributed by atoms with E-state index in [0.29, 0.717) is 17.3 Å². The molecule has 0 aliphatic carbocycles. The Bertz CT molecular complexity index is 211.